The highest BCUT2D eigenvalue weighted by molar-refractivity contribution is 5.66. The van der Waals surface area contributed by atoms with Gasteiger partial charge < -0.3 is 9.84 Å². The number of phenolic OH excluding ortho intramolecular Hbond substituents is 1. The Kier molecular flexibility index (Phi) is 3.33. The van der Waals surface area contributed by atoms with Gasteiger partial charge in [0.2, 0.25) is 0 Å². The Hall–Kier alpha value is -2.24. The minimum absolute atomic E-state index is 0.381. The Balaban J connectivity index is 2.34. The van der Waals surface area contributed by atoms with Crippen LogP contribution in [0.3, 0.4) is 0 Å². The van der Waals surface area contributed by atoms with Gasteiger partial charge in [-0.2, -0.15) is 0 Å². The van der Waals surface area contributed by atoms with E-state index in [4.69, 9.17) is 0 Å². The van der Waals surface area contributed by atoms with Crippen LogP contribution < -0.4 is 4.74 Å². The van der Waals surface area contributed by atoms with Gasteiger partial charge in [0.1, 0.15) is 5.82 Å². The van der Waals surface area contributed by atoms with Crippen LogP contribution >= 0.6 is 0 Å². The number of halogens is 4. The molecule has 100 valence electrons. The largest absolute Gasteiger partial charge is 0.573 e. The van der Waals surface area contributed by atoms with Crippen LogP contribution in [0.4, 0.5) is 17.6 Å². The second-order valence-corrected chi connectivity index (χ2v) is 3.74. The quantitative estimate of drug-likeness (QED) is 0.834. The molecule has 0 saturated carbocycles. The van der Waals surface area contributed by atoms with Crippen molar-refractivity contribution >= 4 is 0 Å². The maximum absolute atomic E-state index is 13.0. The number of alkyl halides is 3. The van der Waals surface area contributed by atoms with Crippen LogP contribution in [0, 0.1) is 5.82 Å². The summed E-state index contributed by atoms with van der Waals surface area (Å²) in [6.07, 6.45) is -4.88. The van der Waals surface area contributed by atoms with E-state index in [1.165, 1.54) is 24.3 Å². The zero-order valence-electron chi connectivity index (χ0n) is 9.41. The molecule has 6 heteroatoms. The van der Waals surface area contributed by atoms with E-state index in [0.29, 0.717) is 11.1 Å². The zero-order valence-corrected chi connectivity index (χ0v) is 9.41. The van der Waals surface area contributed by atoms with Gasteiger partial charge in [0.15, 0.2) is 11.5 Å². The van der Waals surface area contributed by atoms with Crippen LogP contribution in [0.5, 0.6) is 11.5 Å². The lowest BCUT2D eigenvalue weighted by molar-refractivity contribution is -0.275. The first-order valence-corrected chi connectivity index (χ1v) is 5.20. The molecule has 2 nitrogen and oxygen atoms in total. The van der Waals surface area contributed by atoms with Gasteiger partial charge in [0.05, 0.1) is 0 Å². The molecule has 0 saturated heterocycles. The summed E-state index contributed by atoms with van der Waals surface area (Å²) < 4.78 is 52.7. The highest BCUT2D eigenvalue weighted by Crippen LogP contribution is 2.34. The van der Waals surface area contributed by atoms with E-state index in [1.54, 1.807) is 6.07 Å². The van der Waals surface area contributed by atoms with Crippen LogP contribution in [-0.4, -0.2) is 11.5 Å². The van der Waals surface area contributed by atoms with Gasteiger partial charge >= 0.3 is 6.36 Å². The van der Waals surface area contributed by atoms with Gasteiger partial charge in [0.25, 0.3) is 0 Å². The molecular weight excluding hydrogens is 264 g/mol. The van der Waals surface area contributed by atoms with Crippen molar-refractivity contribution in [3.05, 3.63) is 48.3 Å². The highest BCUT2D eigenvalue weighted by atomic mass is 19.4. The average Bonchev–Trinajstić information content (AvgIpc) is 2.30. The van der Waals surface area contributed by atoms with Crippen molar-refractivity contribution in [2.45, 2.75) is 6.36 Å². The summed E-state index contributed by atoms with van der Waals surface area (Å²) in [6, 6.07) is 8.84. The van der Waals surface area contributed by atoms with E-state index in [9.17, 15) is 22.7 Å². The molecule has 0 spiro atoms. The number of aromatic hydroxyl groups is 1. The predicted molar refractivity (Wildman–Crippen MR) is 60.2 cm³/mol. The first-order valence-electron chi connectivity index (χ1n) is 5.20. The molecule has 0 heterocycles. The molecule has 0 atom stereocenters. The number of ether oxygens (including phenoxy) is 1. The molecule has 0 aliphatic rings. The molecule has 0 unspecified atom stereocenters. The minimum atomic E-state index is -4.88. The summed E-state index contributed by atoms with van der Waals surface area (Å²) in [5.41, 5.74) is 0.820. The lowest BCUT2D eigenvalue weighted by Gasteiger charge is -2.11. The van der Waals surface area contributed by atoms with Crippen LogP contribution in [0.1, 0.15) is 0 Å². The molecule has 0 aromatic heterocycles. The Morgan fingerprint density at radius 2 is 1.63 bits per heavy atom. The van der Waals surface area contributed by atoms with Crippen LogP contribution in [0.25, 0.3) is 11.1 Å². The molecular formula is C13H8F4O2. The summed E-state index contributed by atoms with van der Waals surface area (Å²) in [7, 11) is 0. The van der Waals surface area contributed by atoms with Crippen molar-refractivity contribution in [3.8, 4) is 22.6 Å². The SMILES string of the molecule is Oc1cc(-c2cccc(F)c2)ccc1OC(F)(F)F. The highest BCUT2D eigenvalue weighted by Gasteiger charge is 2.32. The van der Waals surface area contributed by atoms with Gasteiger partial charge in [0, 0.05) is 0 Å². The maximum atomic E-state index is 13.0. The second-order valence-electron chi connectivity index (χ2n) is 3.74. The zero-order chi connectivity index (χ0) is 14.0. The second kappa shape index (κ2) is 4.79. The number of hydrogen-bond donors (Lipinski definition) is 1. The molecule has 1 N–H and O–H groups in total. The van der Waals surface area contributed by atoms with Crippen molar-refractivity contribution in [2.24, 2.45) is 0 Å². The molecule has 2 aromatic rings. The molecule has 0 radical (unpaired) electrons. The number of rotatable bonds is 2. The summed E-state index contributed by atoms with van der Waals surface area (Å²) >= 11 is 0. The Labute approximate surface area is 105 Å². The summed E-state index contributed by atoms with van der Waals surface area (Å²) in [5, 5.41) is 9.47. The van der Waals surface area contributed by atoms with Gasteiger partial charge in [-0.3, -0.25) is 0 Å². The van der Waals surface area contributed by atoms with Crippen LogP contribution in [-0.2, 0) is 0 Å². The molecule has 2 aromatic carbocycles. The molecule has 19 heavy (non-hydrogen) atoms. The Morgan fingerprint density at radius 1 is 0.947 bits per heavy atom. The average molecular weight is 272 g/mol. The van der Waals surface area contributed by atoms with E-state index in [-0.39, 0.29) is 0 Å². The molecule has 0 aliphatic carbocycles. The third-order valence-corrected chi connectivity index (χ3v) is 2.34. The molecule has 0 fully saturated rings. The number of benzene rings is 2. The van der Waals surface area contributed by atoms with Gasteiger partial charge in [-0.05, 0) is 35.4 Å². The smallest absolute Gasteiger partial charge is 0.504 e. The van der Waals surface area contributed by atoms with Crippen LogP contribution in [0.2, 0.25) is 0 Å². The first-order chi connectivity index (χ1) is 8.85. The van der Waals surface area contributed by atoms with Crippen molar-refractivity contribution in [3.63, 3.8) is 0 Å². The summed E-state index contributed by atoms with van der Waals surface area (Å²) in [4.78, 5) is 0. The molecule has 0 aliphatic heterocycles. The number of hydrogen-bond acceptors (Lipinski definition) is 2. The van der Waals surface area contributed by atoms with E-state index < -0.39 is 23.7 Å². The maximum Gasteiger partial charge on any atom is 0.573 e. The molecule has 0 amide bonds. The fourth-order valence-corrected chi connectivity index (χ4v) is 1.58. The monoisotopic (exact) mass is 272 g/mol. The first kappa shape index (κ1) is 13.2. The molecule has 2 rings (SSSR count). The van der Waals surface area contributed by atoms with Gasteiger partial charge in [-0.15, -0.1) is 13.2 Å². The Morgan fingerprint density at radius 3 is 2.21 bits per heavy atom. The molecule has 0 bridgehead atoms. The lowest BCUT2D eigenvalue weighted by Crippen LogP contribution is -2.17. The third-order valence-electron chi connectivity index (χ3n) is 2.34. The van der Waals surface area contributed by atoms with Crippen molar-refractivity contribution in [2.75, 3.05) is 0 Å². The van der Waals surface area contributed by atoms with E-state index >= 15 is 0 Å². The van der Waals surface area contributed by atoms with Crippen LogP contribution in [0.15, 0.2) is 42.5 Å². The topological polar surface area (TPSA) is 29.5 Å². The number of phenols is 1. The van der Waals surface area contributed by atoms with Gasteiger partial charge in [-0.25, -0.2) is 4.39 Å². The fourth-order valence-electron chi connectivity index (χ4n) is 1.58. The van der Waals surface area contributed by atoms with E-state index in [2.05, 4.69) is 4.74 Å². The summed E-state index contributed by atoms with van der Waals surface area (Å²) in [5.74, 6) is -1.85. The van der Waals surface area contributed by atoms with Crippen molar-refractivity contribution < 1.29 is 27.4 Å². The van der Waals surface area contributed by atoms with Crippen molar-refractivity contribution in [1.82, 2.24) is 0 Å². The summed E-state index contributed by atoms with van der Waals surface area (Å²) in [6.45, 7) is 0. The van der Waals surface area contributed by atoms with E-state index in [0.717, 1.165) is 12.1 Å². The van der Waals surface area contributed by atoms with E-state index in [1.807, 2.05) is 0 Å². The van der Waals surface area contributed by atoms with Crippen molar-refractivity contribution in [1.29, 1.82) is 0 Å². The minimum Gasteiger partial charge on any atom is -0.504 e. The van der Waals surface area contributed by atoms with Gasteiger partial charge in [-0.1, -0.05) is 18.2 Å². The Bertz CT molecular complexity index is 593. The fraction of sp³-hybridized carbons (Fsp3) is 0.0769. The normalized spacial score (nSPS) is 11.4. The predicted octanol–water partition coefficient (Wildman–Crippen LogP) is 4.10. The third kappa shape index (κ3) is 3.37. The lowest BCUT2D eigenvalue weighted by atomic mass is 10.1. The standard InChI is InChI=1S/C13H8F4O2/c14-10-3-1-2-8(6-10)9-4-5-12(11(18)7-9)19-13(15,16)17/h1-7,18H.